The highest BCUT2D eigenvalue weighted by Gasteiger charge is 2.05. The number of benzene rings is 1. The van der Waals surface area contributed by atoms with Crippen molar-refractivity contribution in [1.82, 2.24) is 0 Å². The second kappa shape index (κ2) is 5.44. The van der Waals surface area contributed by atoms with Gasteiger partial charge in [0.15, 0.2) is 0 Å². The lowest BCUT2D eigenvalue weighted by molar-refractivity contribution is 0.792. The highest BCUT2D eigenvalue weighted by molar-refractivity contribution is 5.44. The van der Waals surface area contributed by atoms with E-state index in [1.54, 1.807) is 0 Å². The summed E-state index contributed by atoms with van der Waals surface area (Å²) in [5, 5.41) is 9.08. The van der Waals surface area contributed by atoms with Crippen LogP contribution in [0.15, 0.2) is 18.2 Å². The van der Waals surface area contributed by atoms with Gasteiger partial charge in [-0.25, -0.2) is 0 Å². The van der Waals surface area contributed by atoms with Gasteiger partial charge in [-0.2, -0.15) is 5.26 Å². The minimum atomic E-state index is 0.906. The van der Waals surface area contributed by atoms with Gasteiger partial charge in [-0.15, -0.1) is 0 Å². The van der Waals surface area contributed by atoms with Crippen molar-refractivity contribution in [1.29, 1.82) is 5.26 Å². The first kappa shape index (κ1) is 10.8. The van der Waals surface area contributed by atoms with Crippen LogP contribution in [0, 0.1) is 11.3 Å². The first-order chi connectivity index (χ1) is 6.83. The van der Waals surface area contributed by atoms with Gasteiger partial charge in [0.05, 0.1) is 11.6 Å². The van der Waals surface area contributed by atoms with Crippen molar-refractivity contribution in [3.05, 3.63) is 34.9 Å². The van der Waals surface area contributed by atoms with E-state index in [-0.39, 0.29) is 0 Å². The number of nitriles is 1. The Labute approximate surface area is 86.4 Å². The molecule has 1 aromatic rings. The average Bonchev–Trinajstić information content (AvgIpc) is 2.25. The molecule has 1 nitrogen and oxygen atoms in total. The summed E-state index contributed by atoms with van der Waals surface area (Å²) in [5.41, 5.74) is 3.30. The van der Waals surface area contributed by atoms with Gasteiger partial charge in [-0.05, 0) is 30.4 Å². The Bertz CT molecular complexity index is 334. The predicted octanol–water partition coefficient (Wildman–Crippen LogP) is 3.46. The molecule has 0 unspecified atom stereocenters. The highest BCUT2D eigenvalue weighted by Crippen LogP contribution is 2.16. The van der Waals surface area contributed by atoms with Gasteiger partial charge in [0, 0.05) is 0 Å². The molecule has 0 spiro atoms. The van der Waals surface area contributed by atoms with E-state index in [2.05, 4.69) is 32.0 Å². The maximum Gasteiger partial charge on any atom is 0.0997 e. The van der Waals surface area contributed by atoms with E-state index >= 15 is 0 Å². The summed E-state index contributed by atoms with van der Waals surface area (Å²) in [6.07, 6.45) is 4.33. The number of rotatable bonds is 4. The molecule has 0 aliphatic carbocycles. The van der Waals surface area contributed by atoms with E-state index in [0.29, 0.717) is 0 Å². The van der Waals surface area contributed by atoms with Crippen molar-refractivity contribution in [2.24, 2.45) is 0 Å². The van der Waals surface area contributed by atoms with Crippen LogP contribution in [0.25, 0.3) is 0 Å². The summed E-state index contributed by atoms with van der Waals surface area (Å²) in [7, 11) is 0. The maximum atomic E-state index is 9.08. The molecule has 1 rings (SSSR count). The van der Waals surface area contributed by atoms with Crippen LogP contribution in [-0.4, -0.2) is 0 Å². The van der Waals surface area contributed by atoms with Crippen LogP contribution in [-0.2, 0) is 12.8 Å². The first-order valence-electron chi connectivity index (χ1n) is 5.34. The molecule has 0 N–H and O–H groups in total. The van der Waals surface area contributed by atoms with Crippen molar-refractivity contribution >= 4 is 0 Å². The lowest BCUT2D eigenvalue weighted by atomic mass is 9.97. The number of nitrogens with zero attached hydrogens (tertiary/aromatic N) is 1. The Morgan fingerprint density at radius 2 is 1.93 bits per heavy atom. The van der Waals surface area contributed by atoms with Gasteiger partial charge in [-0.1, -0.05) is 38.5 Å². The summed E-state index contributed by atoms with van der Waals surface area (Å²) in [6, 6.07) is 8.51. The Hall–Kier alpha value is -1.29. The van der Waals surface area contributed by atoms with Crippen molar-refractivity contribution < 1.29 is 0 Å². The largest absolute Gasteiger partial charge is 0.192 e. The van der Waals surface area contributed by atoms with Gasteiger partial charge in [0.25, 0.3) is 0 Å². The van der Waals surface area contributed by atoms with Crippen molar-refractivity contribution in [2.75, 3.05) is 0 Å². The number of hydrogen-bond acceptors (Lipinski definition) is 1. The van der Waals surface area contributed by atoms with Crippen molar-refractivity contribution in [3.63, 3.8) is 0 Å². The van der Waals surface area contributed by atoms with E-state index in [9.17, 15) is 0 Å². The lowest BCUT2D eigenvalue weighted by Gasteiger charge is -2.06. The molecule has 14 heavy (non-hydrogen) atoms. The molecular weight excluding hydrogens is 170 g/mol. The Morgan fingerprint density at radius 1 is 1.21 bits per heavy atom. The molecule has 0 aliphatic heterocycles. The summed E-state index contributed by atoms with van der Waals surface area (Å²) in [6.45, 7) is 4.27. The van der Waals surface area contributed by atoms with Crippen LogP contribution in [0.2, 0.25) is 0 Å². The summed E-state index contributed by atoms with van der Waals surface area (Å²) in [4.78, 5) is 0. The minimum Gasteiger partial charge on any atom is -0.192 e. The average molecular weight is 187 g/mol. The predicted molar refractivity (Wildman–Crippen MR) is 59.1 cm³/mol. The maximum absolute atomic E-state index is 9.08. The molecule has 0 atom stereocenters. The van der Waals surface area contributed by atoms with E-state index in [1.807, 2.05) is 6.07 Å². The SMILES string of the molecule is CCCCc1cccc(CC)c1C#N. The fourth-order valence-electron chi connectivity index (χ4n) is 1.67. The van der Waals surface area contributed by atoms with Gasteiger partial charge in [0.2, 0.25) is 0 Å². The quantitative estimate of drug-likeness (QED) is 0.708. The molecule has 0 aliphatic rings. The molecule has 0 fully saturated rings. The van der Waals surface area contributed by atoms with E-state index in [0.717, 1.165) is 18.4 Å². The van der Waals surface area contributed by atoms with E-state index in [4.69, 9.17) is 5.26 Å². The van der Waals surface area contributed by atoms with Crippen molar-refractivity contribution in [3.8, 4) is 6.07 Å². The van der Waals surface area contributed by atoms with Gasteiger partial charge in [0.1, 0.15) is 0 Å². The molecule has 0 aromatic heterocycles. The zero-order valence-corrected chi connectivity index (χ0v) is 9.01. The monoisotopic (exact) mass is 187 g/mol. The second-order valence-electron chi connectivity index (χ2n) is 3.52. The van der Waals surface area contributed by atoms with E-state index < -0.39 is 0 Å². The lowest BCUT2D eigenvalue weighted by Crippen LogP contribution is -1.95. The fourth-order valence-corrected chi connectivity index (χ4v) is 1.67. The van der Waals surface area contributed by atoms with Crippen LogP contribution < -0.4 is 0 Å². The molecular formula is C13H17N. The normalized spacial score (nSPS) is 9.79. The fraction of sp³-hybridized carbons (Fsp3) is 0.462. The summed E-state index contributed by atoms with van der Waals surface area (Å²) in [5.74, 6) is 0. The molecule has 0 saturated carbocycles. The molecule has 0 radical (unpaired) electrons. The van der Waals surface area contributed by atoms with Crippen LogP contribution in [0.1, 0.15) is 43.4 Å². The molecule has 0 heterocycles. The molecule has 0 amide bonds. The summed E-state index contributed by atoms with van der Waals surface area (Å²) >= 11 is 0. The van der Waals surface area contributed by atoms with Crippen LogP contribution in [0.4, 0.5) is 0 Å². The van der Waals surface area contributed by atoms with Crippen LogP contribution >= 0.6 is 0 Å². The topological polar surface area (TPSA) is 23.8 Å². The molecule has 0 saturated heterocycles. The molecule has 0 bridgehead atoms. The molecule has 1 aromatic carbocycles. The third-order valence-electron chi connectivity index (χ3n) is 2.53. The van der Waals surface area contributed by atoms with E-state index in [1.165, 1.54) is 24.0 Å². The standard InChI is InChI=1S/C13H17N/c1-3-5-7-12-9-6-8-11(4-2)13(12)10-14/h6,8-9H,3-5,7H2,1-2H3. The Morgan fingerprint density at radius 3 is 2.50 bits per heavy atom. The minimum absolute atomic E-state index is 0.906. The van der Waals surface area contributed by atoms with Gasteiger partial charge in [-0.3, -0.25) is 0 Å². The van der Waals surface area contributed by atoms with Gasteiger partial charge < -0.3 is 0 Å². The third kappa shape index (κ3) is 2.35. The molecule has 1 heteroatoms. The zero-order chi connectivity index (χ0) is 10.4. The Kier molecular flexibility index (Phi) is 4.19. The van der Waals surface area contributed by atoms with Gasteiger partial charge >= 0.3 is 0 Å². The second-order valence-corrected chi connectivity index (χ2v) is 3.52. The highest BCUT2D eigenvalue weighted by atomic mass is 14.3. The van der Waals surface area contributed by atoms with Crippen molar-refractivity contribution in [2.45, 2.75) is 39.5 Å². The smallest absolute Gasteiger partial charge is 0.0997 e. The zero-order valence-electron chi connectivity index (χ0n) is 9.01. The first-order valence-corrected chi connectivity index (χ1v) is 5.34. The van der Waals surface area contributed by atoms with Crippen LogP contribution in [0.5, 0.6) is 0 Å². The third-order valence-corrected chi connectivity index (χ3v) is 2.53. The molecule has 74 valence electrons. The number of hydrogen-bond donors (Lipinski definition) is 0. The summed E-state index contributed by atoms with van der Waals surface area (Å²) < 4.78 is 0. The van der Waals surface area contributed by atoms with Crippen LogP contribution in [0.3, 0.4) is 0 Å². The Balaban J connectivity index is 2.98. The number of aryl methyl sites for hydroxylation is 2. The number of unbranched alkanes of at least 4 members (excludes halogenated alkanes) is 1.